The first-order chi connectivity index (χ1) is 7.44. The van der Waals surface area contributed by atoms with Crippen molar-refractivity contribution in [3.63, 3.8) is 0 Å². The van der Waals surface area contributed by atoms with Gasteiger partial charge in [0.15, 0.2) is 0 Å². The average Bonchev–Trinajstić information content (AvgIpc) is 2.15. The third kappa shape index (κ3) is 2.38. The molecule has 2 aliphatic rings. The Balaban J connectivity index is 1.92. The van der Waals surface area contributed by atoms with E-state index in [0.717, 1.165) is 32.3 Å². The summed E-state index contributed by atoms with van der Waals surface area (Å²) < 4.78 is 5.17. The van der Waals surface area contributed by atoms with Gasteiger partial charge in [-0.2, -0.15) is 0 Å². The Morgan fingerprint density at radius 1 is 1.50 bits per heavy atom. The van der Waals surface area contributed by atoms with Crippen molar-refractivity contribution in [3.8, 4) is 0 Å². The molecule has 2 rings (SSSR count). The van der Waals surface area contributed by atoms with E-state index in [1.165, 1.54) is 6.42 Å². The lowest BCUT2D eigenvalue weighted by atomic mass is 9.75. The highest BCUT2D eigenvalue weighted by Gasteiger charge is 2.44. The zero-order valence-electron chi connectivity index (χ0n) is 9.99. The third-order valence-corrected chi connectivity index (χ3v) is 5.19. The van der Waals surface area contributed by atoms with E-state index in [2.05, 4.69) is 0 Å². The SMILES string of the molecule is CC(C)(SC1CCOC2(CCC2)C1)C(=O)O. The van der Waals surface area contributed by atoms with Gasteiger partial charge in [0.2, 0.25) is 0 Å². The molecule has 1 atom stereocenters. The lowest BCUT2D eigenvalue weighted by Crippen LogP contribution is -2.47. The van der Waals surface area contributed by atoms with Crippen molar-refractivity contribution < 1.29 is 14.6 Å². The maximum Gasteiger partial charge on any atom is 0.319 e. The molecule has 1 saturated heterocycles. The number of thioether (sulfide) groups is 1. The second-order valence-corrected chi connectivity index (χ2v) is 7.36. The average molecular weight is 244 g/mol. The molecule has 1 unspecified atom stereocenters. The molecule has 0 radical (unpaired) electrons. The van der Waals surface area contributed by atoms with E-state index in [1.54, 1.807) is 25.6 Å². The van der Waals surface area contributed by atoms with Crippen LogP contribution in [-0.4, -0.2) is 33.3 Å². The first kappa shape index (κ1) is 12.2. The van der Waals surface area contributed by atoms with Gasteiger partial charge in [0.05, 0.1) is 5.60 Å². The normalized spacial score (nSPS) is 28.8. The van der Waals surface area contributed by atoms with Crippen LogP contribution < -0.4 is 0 Å². The molecule has 1 saturated carbocycles. The van der Waals surface area contributed by atoms with E-state index in [9.17, 15) is 4.79 Å². The number of carboxylic acid groups (broad SMARTS) is 1. The van der Waals surface area contributed by atoms with Gasteiger partial charge < -0.3 is 9.84 Å². The van der Waals surface area contributed by atoms with Crippen molar-refractivity contribution in [2.24, 2.45) is 0 Å². The lowest BCUT2D eigenvalue weighted by Gasteiger charge is -2.47. The number of ether oxygens (including phenoxy) is 1. The Morgan fingerprint density at radius 3 is 2.69 bits per heavy atom. The topological polar surface area (TPSA) is 46.5 Å². The van der Waals surface area contributed by atoms with Crippen LogP contribution in [0.3, 0.4) is 0 Å². The summed E-state index contributed by atoms with van der Waals surface area (Å²) in [4.78, 5) is 11.1. The van der Waals surface area contributed by atoms with E-state index in [0.29, 0.717) is 5.25 Å². The molecule has 0 aromatic rings. The maximum atomic E-state index is 11.1. The van der Waals surface area contributed by atoms with Gasteiger partial charge in [0.25, 0.3) is 0 Å². The molecule has 0 bridgehead atoms. The summed E-state index contributed by atoms with van der Waals surface area (Å²) in [5.74, 6) is -0.716. The van der Waals surface area contributed by atoms with E-state index in [1.807, 2.05) is 0 Å². The molecule has 0 amide bonds. The fourth-order valence-corrected chi connectivity index (χ4v) is 4.01. The van der Waals surface area contributed by atoms with Crippen LogP contribution in [0.2, 0.25) is 0 Å². The van der Waals surface area contributed by atoms with Crippen molar-refractivity contribution in [1.82, 2.24) is 0 Å². The zero-order valence-corrected chi connectivity index (χ0v) is 10.8. The number of carboxylic acids is 1. The highest BCUT2D eigenvalue weighted by molar-refractivity contribution is 8.01. The van der Waals surface area contributed by atoms with Crippen molar-refractivity contribution in [1.29, 1.82) is 0 Å². The largest absolute Gasteiger partial charge is 0.480 e. The van der Waals surface area contributed by atoms with Crippen molar-refractivity contribution >= 4 is 17.7 Å². The first-order valence-electron chi connectivity index (χ1n) is 5.99. The minimum atomic E-state index is -0.716. The number of rotatable bonds is 3. The molecule has 3 nitrogen and oxygen atoms in total. The molecule has 1 aliphatic heterocycles. The molecule has 2 fully saturated rings. The summed E-state index contributed by atoms with van der Waals surface area (Å²) in [6, 6.07) is 0. The van der Waals surface area contributed by atoms with Crippen LogP contribution in [0.25, 0.3) is 0 Å². The monoisotopic (exact) mass is 244 g/mol. The Hall–Kier alpha value is -0.220. The molecular formula is C12H20O3S. The fourth-order valence-electron chi connectivity index (χ4n) is 2.47. The third-order valence-electron chi connectivity index (χ3n) is 3.69. The summed E-state index contributed by atoms with van der Waals surface area (Å²) >= 11 is 1.60. The predicted molar refractivity (Wildman–Crippen MR) is 64.9 cm³/mol. The molecular weight excluding hydrogens is 224 g/mol. The second-order valence-electron chi connectivity index (χ2n) is 5.43. The van der Waals surface area contributed by atoms with Crippen LogP contribution in [0.4, 0.5) is 0 Å². The van der Waals surface area contributed by atoms with Gasteiger partial charge in [-0.1, -0.05) is 0 Å². The van der Waals surface area contributed by atoms with Gasteiger partial charge in [-0.3, -0.25) is 4.79 Å². The molecule has 1 spiro atoms. The molecule has 92 valence electrons. The first-order valence-corrected chi connectivity index (χ1v) is 6.87. The minimum absolute atomic E-state index is 0.116. The van der Waals surface area contributed by atoms with E-state index >= 15 is 0 Å². The van der Waals surface area contributed by atoms with Crippen LogP contribution in [0, 0.1) is 0 Å². The highest BCUT2D eigenvalue weighted by Crippen LogP contribution is 2.47. The Labute approximate surface area is 101 Å². The Morgan fingerprint density at radius 2 is 2.19 bits per heavy atom. The standard InChI is InChI=1S/C12H20O3S/c1-11(2,10(13)14)16-9-4-7-15-12(8-9)5-3-6-12/h9H,3-8H2,1-2H3,(H,13,14). The van der Waals surface area contributed by atoms with Crippen LogP contribution in [0.1, 0.15) is 46.0 Å². The molecule has 1 aliphatic carbocycles. The molecule has 16 heavy (non-hydrogen) atoms. The maximum absolute atomic E-state index is 11.1. The zero-order chi connectivity index (χ0) is 11.8. The van der Waals surface area contributed by atoms with Crippen molar-refractivity contribution in [2.75, 3.05) is 6.61 Å². The second kappa shape index (κ2) is 4.22. The highest BCUT2D eigenvalue weighted by atomic mass is 32.2. The number of hydrogen-bond acceptors (Lipinski definition) is 3. The Bertz CT molecular complexity index is 284. The van der Waals surface area contributed by atoms with Crippen molar-refractivity contribution in [3.05, 3.63) is 0 Å². The van der Waals surface area contributed by atoms with Crippen LogP contribution in [0.15, 0.2) is 0 Å². The van der Waals surface area contributed by atoms with Crippen LogP contribution in [-0.2, 0) is 9.53 Å². The van der Waals surface area contributed by atoms with Gasteiger partial charge in [0, 0.05) is 11.9 Å². The molecule has 0 aromatic carbocycles. The van der Waals surface area contributed by atoms with Gasteiger partial charge in [-0.15, -0.1) is 11.8 Å². The molecule has 1 heterocycles. The van der Waals surface area contributed by atoms with E-state index < -0.39 is 10.7 Å². The number of hydrogen-bond donors (Lipinski definition) is 1. The molecule has 4 heteroatoms. The van der Waals surface area contributed by atoms with Gasteiger partial charge in [-0.25, -0.2) is 0 Å². The fraction of sp³-hybridized carbons (Fsp3) is 0.917. The minimum Gasteiger partial charge on any atom is -0.480 e. The lowest BCUT2D eigenvalue weighted by molar-refractivity contribution is -0.139. The smallest absolute Gasteiger partial charge is 0.319 e. The van der Waals surface area contributed by atoms with E-state index in [4.69, 9.17) is 9.84 Å². The summed E-state index contributed by atoms with van der Waals surface area (Å²) in [5.41, 5.74) is 0.116. The summed E-state index contributed by atoms with van der Waals surface area (Å²) in [6.45, 7) is 4.39. The molecule has 1 N–H and O–H groups in total. The quantitative estimate of drug-likeness (QED) is 0.829. The predicted octanol–water partition coefficient (Wildman–Crippen LogP) is 2.68. The van der Waals surface area contributed by atoms with Crippen molar-refractivity contribution in [2.45, 2.75) is 61.5 Å². The van der Waals surface area contributed by atoms with E-state index in [-0.39, 0.29) is 5.60 Å². The number of aliphatic carboxylic acids is 1. The van der Waals surface area contributed by atoms with Gasteiger partial charge in [-0.05, 0) is 46.0 Å². The summed E-state index contributed by atoms with van der Waals surface area (Å²) in [7, 11) is 0. The molecule has 0 aromatic heterocycles. The van der Waals surface area contributed by atoms with Gasteiger partial charge >= 0.3 is 5.97 Å². The van der Waals surface area contributed by atoms with Crippen LogP contribution >= 0.6 is 11.8 Å². The summed E-state index contributed by atoms with van der Waals surface area (Å²) in [6.07, 6.45) is 5.62. The summed E-state index contributed by atoms with van der Waals surface area (Å²) in [5, 5.41) is 9.57. The van der Waals surface area contributed by atoms with Gasteiger partial charge in [0.1, 0.15) is 4.75 Å². The Kier molecular flexibility index (Phi) is 3.23. The van der Waals surface area contributed by atoms with Crippen LogP contribution in [0.5, 0.6) is 0 Å². The number of carbonyl (C=O) groups is 1.